The highest BCUT2D eigenvalue weighted by Crippen LogP contribution is 2.53. The van der Waals surface area contributed by atoms with Crippen molar-refractivity contribution in [2.75, 3.05) is 6.54 Å². The summed E-state index contributed by atoms with van der Waals surface area (Å²) in [6.07, 6.45) is 1.54. The van der Waals surface area contributed by atoms with Crippen LogP contribution >= 0.6 is 0 Å². The second-order valence-corrected chi connectivity index (χ2v) is 11.5. The number of H-pyrrole nitrogens is 1. The number of hydrogen-bond donors (Lipinski definition) is 3. The minimum Gasteiger partial charge on any atom is -0.487 e. The van der Waals surface area contributed by atoms with Gasteiger partial charge in [0.1, 0.15) is 16.9 Å². The minimum absolute atomic E-state index is 0.0532. The van der Waals surface area contributed by atoms with E-state index in [9.17, 15) is 14.7 Å². The number of aromatic nitrogens is 1. The third-order valence-corrected chi connectivity index (χ3v) is 8.55. The molecular weight excluding hydrogens is 406 g/mol. The monoisotopic (exact) mass is 437 g/mol. The van der Waals surface area contributed by atoms with Crippen molar-refractivity contribution in [1.82, 2.24) is 9.88 Å². The van der Waals surface area contributed by atoms with E-state index in [0.717, 1.165) is 22.2 Å². The molecular formula is C25H31N3O4. The van der Waals surface area contributed by atoms with Crippen molar-refractivity contribution in [1.29, 1.82) is 0 Å². The van der Waals surface area contributed by atoms with E-state index in [4.69, 9.17) is 10.5 Å². The molecule has 6 rings (SSSR count). The third-order valence-electron chi connectivity index (χ3n) is 8.55. The standard InChI is InChI=1S/C25H31N3O4/c1-23(2)11-16(30)19-17(32-23)6-5-12-13-10-25(26)18(24(3,4)21(13)27-20(12)19)9-14-15(29)7-8-28(14)22(25)31/h5-6,14-15,18,27,29H,7-11,26H2,1-4H3/t14-,15-,18-,25-/m0/s1. The first-order valence-corrected chi connectivity index (χ1v) is 11.6. The lowest BCUT2D eigenvalue weighted by Crippen LogP contribution is -2.71. The summed E-state index contributed by atoms with van der Waals surface area (Å²) in [6.45, 7) is 8.67. The van der Waals surface area contributed by atoms with Crippen LogP contribution in [0.4, 0.5) is 0 Å². The number of aromatic amines is 1. The summed E-state index contributed by atoms with van der Waals surface area (Å²) in [5.74, 6) is 0.508. The fraction of sp³-hybridized carbons (Fsp3) is 0.600. The van der Waals surface area contributed by atoms with Crippen molar-refractivity contribution >= 4 is 22.6 Å². The fourth-order valence-corrected chi connectivity index (χ4v) is 7.05. The highest BCUT2D eigenvalue weighted by Gasteiger charge is 2.61. The van der Waals surface area contributed by atoms with Crippen LogP contribution in [0.1, 0.15) is 68.6 Å². The zero-order valence-electron chi connectivity index (χ0n) is 19.1. The van der Waals surface area contributed by atoms with E-state index >= 15 is 0 Å². The van der Waals surface area contributed by atoms with Crippen molar-refractivity contribution in [3.05, 3.63) is 29.0 Å². The van der Waals surface area contributed by atoms with Crippen LogP contribution in [0.5, 0.6) is 5.75 Å². The van der Waals surface area contributed by atoms with Crippen molar-refractivity contribution in [3.8, 4) is 5.75 Å². The molecule has 2 aromatic rings. The number of aliphatic hydroxyl groups is 1. The highest BCUT2D eigenvalue weighted by molar-refractivity contribution is 6.11. The lowest BCUT2D eigenvalue weighted by Gasteiger charge is -2.55. The number of fused-ring (bicyclic) bond motifs is 7. The SMILES string of the molecule is CC1(C)CC(=O)c2c(ccc3c4c([nH]c23)C(C)(C)[C@@H]2C[C@H]3[C@@H](O)CCN3C(=O)[C@]2(N)C4)O1. The molecule has 32 heavy (non-hydrogen) atoms. The molecule has 7 nitrogen and oxygen atoms in total. The number of carbonyl (C=O) groups excluding carboxylic acids is 2. The molecule has 0 spiro atoms. The zero-order valence-corrected chi connectivity index (χ0v) is 19.1. The van der Waals surface area contributed by atoms with Gasteiger partial charge in [-0.25, -0.2) is 0 Å². The first-order chi connectivity index (χ1) is 14.9. The van der Waals surface area contributed by atoms with Crippen LogP contribution in [0.3, 0.4) is 0 Å². The van der Waals surface area contributed by atoms with E-state index in [1.165, 1.54) is 0 Å². The molecule has 4 heterocycles. The molecule has 0 radical (unpaired) electrons. The van der Waals surface area contributed by atoms with Crippen molar-refractivity contribution in [2.24, 2.45) is 11.7 Å². The number of Topliss-reactive ketones (excluding diaryl/α,β-unsaturated/α-hetero) is 1. The number of nitrogens with two attached hydrogens (primary N) is 1. The molecule has 3 aliphatic heterocycles. The van der Waals surface area contributed by atoms with Gasteiger partial charge in [-0.15, -0.1) is 0 Å². The Balaban J connectivity index is 1.55. The molecule has 0 bridgehead atoms. The smallest absolute Gasteiger partial charge is 0.243 e. The number of piperidine rings is 1. The second kappa shape index (κ2) is 5.94. The Bertz CT molecular complexity index is 1200. The fourth-order valence-electron chi connectivity index (χ4n) is 7.05. The molecule has 4 N–H and O–H groups in total. The Morgan fingerprint density at radius 1 is 1.19 bits per heavy atom. The maximum Gasteiger partial charge on any atom is 0.243 e. The number of hydrogen-bond acceptors (Lipinski definition) is 5. The predicted octanol–water partition coefficient (Wildman–Crippen LogP) is 2.42. The summed E-state index contributed by atoms with van der Waals surface area (Å²) in [5.41, 5.74) is 8.45. The number of rotatable bonds is 0. The number of benzene rings is 1. The third kappa shape index (κ3) is 2.38. The highest BCUT2D eigenvalue weighted by atomic mass is 16.5. The van der Waals surface area contributed by atoms with Gasteiger partial charge >= 0.3 is 0 Å². The van der Waals surface area contributed by atoms with Crippen LogP contribution in [-0.2, 0) is 16.6 Å². The number of ether oxygens (including phenoxy) is 1. The summed E-state index contributed by atoms with van der Waals surface area (Å²) in [7, 11) is 0. The second-order valence-electron chi connectivity index (χ2n) is 11.5. The summed E-state index contributed by atoms with van der Waals surface area (Å²) in [4.78, 5) is 32.1. The molecule has 1 amide bonds. The summed E-state index contributed by atoms with van der Waals surface area (Å²) < 4.78 is 6.12. The summed E-state index contributed by atoms with van der Waals surface area (Å²) in [6, 6.07) is 3.70. The van der Waals surface area contributed by atoms with Gasteiger partial charge in [-0.1, -0.05) is 13.8 Å². The number of nitrogens with one attached hydrogen (secondary N) is 1. The molecule has 4 aliphatic rings. The van der Waals surface area contributed by atoms with Gasteiger partial charge in [0.15, 0.2) is 5.78 Å². The lowest BCUT2D eigenvalue weighted by atomic mass is 9.55. The summed E-state index contributed by atoms with van der Waals surface area (Å²) >= 11 is 0. The van der Waals surface area contributed by atoms with Crippen LogP contribution in [0, 0.1) is 5.92 Å². The molecule has 170 valence electrons. The topological polar surface area (TPSA) is 109 Å². The largest absolute Gasteiger partial charge is 0.487 e. The number of ketones is 1. The van der Waals surface area contributed by atoms with E-state index in [1.807, 2.05) is 26.0 Å². The Kier molecular flexibility index (Phi) is 3.76. The van der Waals surface area contributed by atoms with Gasteiger partial charge in [0, 0.05) is 29.5 Å². The molecule has 2 saturated heterocycles. The van der Waals surface area contributed by atoms with E-state index < -0.39 is 22.7 Å². The molecule has 2 fully saturated rings. The zero-order chi connectivity index (χ0) is 22.8. The number of carbonyl (C=O) groups is 2. The van der Waals surface area contributed by atoms with Crippen LogP contribution in [-0.4, -0.2) is 56.5 Å². The van der Waals surface area contributed by atoms with Gasteiger partial charge in [0.05, 0.1) is 29.6 Å². The van der Waals surface area contributed by atoms with Crippen LogP contribution < -0.4 is 10.5 Å². The lowest BCUT2D eigenvalue weighted by molar-refractivity contribution is -0.150. The van der Waals surface area contributed by atoms with E-state index in [0.29, 0.717) is 43.5 Å². The Labute approximate surface area is 187 Å². The summed E-state index contributed by atoms with van der Waals surface area (Å²) in [5, 5.41) is 11.5. The number of amides is 1. The van der Waals surface area contributed by atoms with Gasteiger partial charge in [-0.2, -0.15) is 0 Å². The number of aliphatic hydroxyl groups excluding tert-OH is 1. The first-order valence-electron chi connectivity index (χ1n) is 11.6. The van der Waals surface area contributed by atoms with E-state index in [2.05, 4.69) is 18.8 Å². The molecule has 1 aromatic carbocycles. The number of nitrogens with zero attached hydrogens (tertiary/aromatic N) is 1. The van der Waals surface area contributed by atoms with Crippen molar-refractivity contribution in [3.63, 3.8) is 0 Å². The molecule has 4 atom stereocenters. The van der Waals surface area contributed by atoms with Gasteiger partial charge in [0.25, 0.3) is 0 Å². The normalized spacial score (nSPS) is 34.6. The van der Waals surface area contributed by atoms with Crippen LogP contribution in [0.2, 0.25) is 0 Å². The van der Waals surface area contributed by atoms with Crippen molar-refractivity contribution < 1.29 is 19.4 Å². The van der Waals surface area contributed by atoms with Gasteiger partial charge in [-0.05, 0) is 50.3 Å². The van der Waals surface area contributed by atoms with E-state index in [1.54, 1.807) is 4.90 Å². The molecule has 0 saturated carbocycles. The van der Waals surface area contributed by atoms with Gasteiger partial charge in [-0.3, -0.25) is 9.59 Å². The minimum atomic E-state index is -1.02. The van der Waals surface area contributed by atoms with Gasteiger partial charge < -0.3 is 25.5 Å². The van der Waals surface area contributed by atoms with Crippen LogP contribution in [0.15, 0.2) is 12.1 Å². The van der Waals surface area contributed by atoms with Gasteiger partial charge in [0.2, 0.25) is 5.91 Å². The Morgan fingerprint density at radius 2 is 1.94 bits per heavy atom. The van der Waals surface area contributed by atoms with E-state index in [-0.39, 0.29) is 23.7 Å². The predicted molar refractivity (Wildman–Crippen MR) is 120 cm³/mol. The maximum absolute atomic E-state index is 13.6. The Hall–Kier alpha value is -2.38. The quantitative estimate of drug-likeness (QED) is 0.587. The molecule has 0 unspecified atom stereocenters. The Morgan fingerprint density at radius 3 is 2.69 bits per heavy atom. The molecule has 1 aliphatic carbocycles. The average Bonchev–Trinajstić information content (AvgIpc) is 3.24. The first kappa shape index (κ1) is 20.2. The average molecular weight is 438 g/mol. The van der Waals surface area contributed by atoms with Crippen LogP contribution in [0.25, 0.3) is 10.9 Å². The molecule has 7 heteroatoms. The maximum atomic E-state index is 13.6. The van der Waals surface area contributed by atoms with Crippen molar-refractivity contribution in [2.45, 2.75) is 82.1 Å². The molecule has 1 aromatic heterocycles.